The van der Waals surface area contributed by atoms with Crippen LogP contribution in [0.1, 0.15) is 26.6 Å². The van der Waals surface area contributed by atoms with Gasteiger partial charge in [0.05, 0.1) is 21.9 Å². The molecule has 2 aromatic heterocycles. The highest BCUT2D eigenvalue weighted by molar-refractivity contribution is 7.09. The predicted molar refractivity (Wildman–Crippen MR) is 121 cm³/mol. The molecule has 5 nitrogen and oxygen atoms in total. The van der Waals surface area contributed by atoms with Gasteiger partial charge in [0.1, 0.15) is 12.4 Å². The summed E-state index contributed by atoms with van der Waals surface area (Å²) in [5.41, 5.74) is 6.53. The van der Waals surface area contributed by atoms with E-state index in [-0.39, 0.29) is 5.91 Å². The number of aryl methyl sites for hydroxylation is 1. The van der Waals surface area contributed by atoms with Crippen molar-refractivity contribution in [2.75, 3.05) is 6.54 Å². The van der Waals surface area contributed by atoms with Crippen LogP contribution >= 0.6 is 22.7 Å². The standard InChI is InChI=1S/C23H21N3O2S2/c1-16-26-22(14-30-16)18-7-5-17(6-8-18)9-10-24-23(27)19-3-2-4-21(11-19)28-12-20-13-29-15-25-20/h2-8,11,13-15H,9-10,12H2,1H3,(H,24,27). The number of amides is 1. The fraction of sp³-hybridized carbons (Fsp3) is 0.174. The Kier molecular flexibility index (Phi) is 6.51. The summed E-state index contributed by atoms with van der Waals surface area (Å²) in [7, 11) is 0. The lowest BCUT2D eigenvalue weighted by Crippen LogP contribution is -2.25. The Morgan fingerprint density at radius 2 is 2.00 bits per heavy atom. The van der Waals surface area contributed by atoms with E-state index in [1.165, 1.54) is 16.9 Å². The number of hydrogen-bond donors (Lipinski definition) is 1. The summed E-state index contributed by atoms with van der Waals surface area (Å²) in [5, 5.41) is 8.06. The van der Waals surface area contributed by atoms with Gasteiger partial charge < -0.3 is 10.1 Å². The molecule has 7 heteroatoms. The smallest absolute Gasteiger partial charge is 0.251 e. The number of nitrogens with one attached hydrogen (secondary N) is 1. The van der Waals surface area contributed by atoms with Crippen LogP contribution in [0, 0.1) is 6.92 Å². The Balaban J connectivity index is 1.27. The Bertz CT molecular complexity index is 1110. The molecule has 1 amide bonds. The van der Waals surface area contributed by atoms with Crippen molar-refractivity contribution in [3.05, 3.63) is 86.6 Å². The Morgan fingerprint density at radius 3 is 2.73 bits per heavy atom. The largest absolute Gasteiger partial charge is 0.487 e. The SMILES string of the molecule is Cc1nc(-c2ccc(CCNC(=O)c3cccc(OCc4cscn4)c3)cc2)cs1. The third-order valence-corrected chi connectivity index (χ3v) is 5.94. The van der Waals surface area contributed by atoms with Crippen molar-refractivity contribution < 1.29 is 9.53 Å². The maximum Gasteiger partial charge on any atom is 0.251 e. The van der Waals surface area contributed by atoms with E-state index in [0.29, 0.717) is 24.5 Å². The number of aromatic nitrogens is 2. The van der Waals surface area contributed by atoms with Crippen molar-refractivity contribution in [3.63, 3.8) is 0 Å². The number of nitrogens with zero attached hydrogens (tertiary/aromatic N) is 2. The normalized spacial score (nSPS) is 10.7. The minimum atomic E-state index is -0.108. The summed E-state index contributed by atoms with van der Waals surface area (Å²) in [5.74, 6) is 0.548. The van der Waals surface area contributed by atoms with Crippen LogP contribution in [-0.2, 0) is 13.0 Å². The van der Waals surface area contributed by atoms with Crippen LogP contribution in [0.15, 0.2) is 64.8 Å². The zero-order chi connectivity index (χ0) is 20.8. The molecule has 30 heavy (non-hydrogen) atoms. The Labute approximate surface area is 183 Å². The van der Waals surface area contributed by atoms with E-state index in [0.717, 1.165) is 28.4 Å². The topological polar surface area (TPSA) is 64.1 Å². The first-order valence-corrected chi connectivity index (χ1v) is 11.4. The second-order valence-electron chi connectivity index (χ2n) is 6.75. The van der Waals surface area contributed by atoms with E-state index in [4.69, 9.17) is 4.74 Å². The van der Waals surface area contributed by atoms with Gasteiger partial charge in [-0.3, -0.25) is 4.79 Å². The number of carbonyl (C=O) groups excluding carboxylic acids is 1. The summed E-state index contributed by atoms with van der Waals surface area (Å²) in [6.07, 6.45) is 0.766. The quantitative estimate of drug-likeness (QED) is 0.417. The molecule has 0 aliphatic heterocycles. The zero-order valence-electron chi connectivity index (χ0n) is 16.5. The molecular weight excluding hydrogens is 414 g/mol. The average molecular weight is 436 g/mol. The first-order chi connectivity index (χ1) is 14.7. The van der Waals surface area contributed by atoms with Gasteiger partial charge in [0.2, 0.25) is 0 Å². The molecule has 0 radical (unpaired) electrons. The molecular formula is C23H21N3O2S2. The predicted octanol–water partition coefficient (Wildman–Crippen LogP) is 5.13. The van der Waals surface area contributed by atoms with E-state index in [2.05, 4.69) is 44.9 Å². The van der Waals surface area contributed by atoms with Gasteiger partial charge in [0.15, 0.2) is 0 Å². The van der Waals surface area contributed by atoms with Crippen LogP contribution in [-0.4, -0.2) is 22.4 Å². The van der Waals surface area contributed by atoms with Gasteiger partial charge in [0, 0.05) is 28.4 Å². The van der Waals surface area contributed by atoms with Gasteiger partial charge in [-0.1, -0.05) is 30.3 Å². The summed E-state index contributed by atoms with van der Waals surface area (Å²) in [4.78, 5) is 21.2. The van der Waals surface area contributed by atoms with Crippen molar-refractivity contribution in [1.82, 2.24) is 15.3 Å². The lowest BCUT2D eigenvalue weighted by atomic mass is 10.1. The second kappa shape index (κ2) is 9.65. The van der Waals surface area contributed by atoms with E-state index in [9.17, 15) is 4.79 Å². The van der Waals surface area contributed by atoms with Crippen molar-refractivity contribution >= 4 is 28.6 Å². The molecule has 0 saturated heterocycles. The van der Waals surface area contributed by atoms with Crippen LogP contribution in [0.5, 0.6) is 5.75 Å². The first kappa shape index (κ1) is 20.3. The third kappa shape index (κ3) is 5.31. The highest BCUT2D eigenvalue weighted by Crippen LogP contribution is 2.22. The monoisotopic (exact) mass is 435 g/mol. The van der Waals surface area contributed by atoms with Gasteiger partial charge >= 0.3 is 0 Å². The molecule has 0 saturated carbocycles. The fourth-order valence-corrected chi connectivity index (χ4v) is 4.12. The molecule has 152 valence electrons. The molecule has 4 aromatic rings. The van der Waals surface area contributed by atoms with E-state index < -0.39 is 0 Å². The van der Waals surface area contributed by atoms with Gasteiger partial charge in [-0.05, 0) is 37.1 Å². The molecule has 0 aliphatic rings. The molecule has 0 spiro atoms. The van der Waals surface area contributed by atoms with Gasteiger partial charge in [0.25, 0.3) is 5.91 Å². The number of thiazole rings is 2. The Hall–Kier alpha value is -3.03. The summed E-state index contributed by atoms with van der Waals surface area (Å²) >= 11 is 3.18. The maximum absolute atomic E-state index is 12.5. The molecule has 0 bridgehead atoms. The minimum Gasteiger partial charge on any atom is -0.487 e. The molecule has 0 unspecified atom stereocenters. The molecule has 0 atom stereocenters. The number of rotatable bonds is 8. The van der Waals surface area contributed by atoms with Gasteiger partial charge in [-0.15, -0.1) is 22.7 Å². The van der Waals surface area contributed by atoms with Crippen molar-refractivity contribution in [2.45, 2.75) is 20.0 Å². The van der Waals surface area contributed by atoms with E-state index in [1.807, 2.05) is 24.4 Å². The second-order valence-corrected chi connectivity index (χ2v) is 8.53. The minimum absolute atomic E-state index is 0.108. The van der Waals surface area contributed by atoms with Gasteiger partial charge in [-0.25, -0.2) is 9.97 Å². The fourth-order valence-electron chi connectivity index (χ4n) is 2.95. The Morgan fingerprint density at radius 1 is 1.13 bits per heavy atom. The zero-order valence-corrected chi connectivity index (χ0v) is 18.1. The number of ether oxygens (including phenoxy) is 1. The summed E-state index contributed by atoms with van der Waals surface area (Å²) < 4.78 is 5.72. The molecule has 4 rings (SSSR count). The van der Waals surface area contributed by atoms with Crippen LogP contribution in [0.25, 0.3) is 11.3 Å². The third-order valence-electron chi connectivity index (χ3n) is 4.53. The molecule has 0 aliphatic carbocycles. The van der Waals surface area contributed by atoms with Crippen molar-refractivity contribution in [2.24, 2.45) is 0 Å². The van der Waals surface area contributed by atoms with Crippen LogP contribution < -0.4 is 10.1 Å². The molecule has 1 N–H and O–H groups in total. The highest BCUT2D eigenvalue weighted by atomic mass is 32.1. The van der Waals surface area contributed by atoms with Crippen LogP contribution in [0.4, 0.5) is 0 Å². The van der Waals surface area contributed by atoms with Crippen molar-refractivity contribution in [3.8, 4) is 17.0 Å². The number of carbonyl (C=O) groups is 1. The van der Waals surface area contributed by atoms with E-state index >= 15 is 0 Å². The lowest BCUT2D eigenvalue weighted by Gasteiger charge is -2.08. The first-order valence-electron chi connectivity index (χ1n) is 9.57. The number of hydrogen-bond acceptors (Lipinski definition) is 6. The number of benzene rings is 2. The average Bonchev–Trinajstić information content (AvgIpc) is 3.45. The van der Waals surface area contributed by atoms with Crippen LogP contribution in [0.3, 0.4) is 0 Å². The molecule has 2 aromatic carbocycles. The summed E-state index contributed by atoms with van der Waals surface area (Å²) in [6, 6.07) is 15.5. The summed E-state index contributed by atoms with van der Waals surface area (Å²) in [6.45, 7) is 2.97. The van der Waals surface area contributed by atoms with Crippen LogP contribution in [0.2, 0.25) is 0 Å². The maximum atomic E-state index is 12.5. The molecule has 2 heterocycles. The molecule has 0 fully saturated rings. The lowest BCUT2D eigenvalue weighted by molar-refractivity contribution is 0.0953. The van der Waals surface area contributed by atoms with E-state index in [1.54, 1.807) is 29.0 Å². The highest BCUT2D eigenvalue weighted by Gasteiger charge is 2.07. The van der Waals surface area contributed by atoms with Gasteiger partial charge in [-0.2, -0.15) is 0 Å². The van der Waals surface area contributed by atoms with Crippen molar-refractivity contribution in [1.29, 1.82) is 0 Å².